The smallest absolute Gasteiger partial charge is 0.205 e. The maximum atomic E-state index is 5.44. The minimum absolute atomic E-state index is 0.537. The van der Waals surface area contributed by atoms with Crippen LogP contribution in [0.25, 0.3) is 0 Å². The maximum Gasteiger partial charge on any atom is 0.205 e. The molecule has 0 radical (unpaired) electrons. The molecule has 17 heavy (non-hydrogen) atoms. The summed E-state index contributed by atoms with van der Waals surface area (Å²) in [5, 5.41) is 3.27. The van der Waals surface area contributed by atoms with Crippen molar-refractivity contribution in [2.75, 3.05) is 26.2 Å². The van der Waals surface area contributed by atoms with Gasteiger partial charge in [-0.2, -0.15) is 0 Å². The molecule has 5 nitrogen and oxygen atoms in total. The van der Waals surface area contributed by atoms with E-state index in [1.807, 2.05) is 0 Å². The zero-order valence-electron chi connectivity index (χ0n) is 11.4. The van der Waals surface area contributed by atoms with Crippen LogP contribution < -0.4 is 16.6 Å². The number of nitrogens with zero attached hydrogens (tertiary/aromatic N) is 2. The first kappa shape index (κ1) is 14.3. The van der Waals surface area contributed by atoms with Crippen LogP contribution in [-0.2, 0) is 0 Å². The van der Waals surface area contributed by atoms with Crippen LogP contribution in [0.3, 0.4) is 0 Å². The molecular weight excluding hydrogens is 214 g/mol. The summed E-state index contributed by atoms with van der Waals surface area (Å²) in [5.41, 5.74) is 2.62. The lowest BCUT2D eigenvalue weighted by atomic mass is 10.2. The minimum Gasteiger partial charge on any atom is -0.354 e. The largest absolute Gasteiger partial charge is 0.354 e. The van der Waals surface area contributed by atoms with Gasteiger partial charge in [-0.3, -0.25) is 15.3 Å². The Kier molecular flexibility index (Phi) is 6.29. The third-order valence-corrected chi connectivity index (χ3v) is 3.08. The normalized spacial score (nSPS) is 19.7. The van der Waals surface area contributed by atoms with Crippen LogP contribution >= 0.6 is 0 Å². The summed E-state index contributed by atoms with van der Waals surface area (Å²) in [5.74, 6) is 6.69. The summed E-state index contributed by atoms with van der Waals surface area (Å²) in [6.07, 6.45) is 2.65. The fourth-order valence-corrected chi connectivity index (χ4v) is 1.98. The van der Waals surface area contributed by atoms with Gasteiger partial charge in [0, 0.05) is 19.1 Å². The van der Waals surface area contributed by atoms with Gasteiger partial charge in [0.05, 0.1) is 0 Å². The third kappa shape index (κ3) is 5.37. The molecule has 0 aromatic carbocycles. The van der Waals surface area contributed by atoms with E-state index in [2.05, 4.69) is 41.4 Å². The van der Waals surface area contributed by atoms with Gasteiger partial charge in [0.25, 0.3) is 0 Å². The monoisotopic (exact) mass is 241 g/mol. The summed E-state index contributed by atoms with van der Waals surface area (Å²) < 4.78 is 0. The zero-order valence-corrected chi connectivity index (χ0v) is 11.4. The zero-order chi connectivity index (χ0) is 12.7. The summed E-state index contributed by atoms with van der Waals surface area (Å²) in [4.78, 5) is 6.89. The molecule has 0 aromatic heterocycles. The second-order valence-electron chi connectivity index (χ2n) is 5.20. The standard InChI is InChI=1S/C12H27N5/c1-10(2)8-14-12(16-13)15-9-11(3)17-6-4-5-7-17/h10-11H,4-9,13H2,1-3H3,(H2,14,15,16). The van der Waals surface area contributed by atoms with E-state index in [1.54, 1.807) is 0 Å². The Labute approximate surface area is 105 Å². The number of guanidine groups is 1. The maximum absolute atomic E-state index is 5.44. The highest BCUT2D eigenvalue weighted by molar-refractivity contribution is 5.79. The Hall–Kier alpha value is -0.810. The molecule has 0 amide bonds. The van der Waals surface area contributed by atoms with E-state index in [9.17, 15) is 0 Å². The van der Waals surface area contributed by atoms with Gasteiger partial charge in [-0.05, 0) is 38.8 Å². The average Bonchev–Trinajstić information content (AvgIpc) is 2.82. The van der Waals surface area contributed by atoms with Crippen LogP contribution in [-0.4, -0.2) is 43.1 Å². The van der Waals surface area contributed by atoms with Gasteiger partial charge in [-0.25, -0.2) is 5.84 Å². The van der Waals surface area contributed by atoms with Crippen molar-refractivity contribution in [2.24, 2.45) is 16.8 Å². The lowest BCUT2D eigenvalue weighted by Crippen LogP contribution is -2.47. The molecule has 5 heteroatoms. The Morgan fingerprint density at radius 1 is 1.29 bits per heavy atom. The van der Waals surface area contributed by atoms with Gasteiger partial charge in [0.2, 0.25) is 5.96 Å². The van der Waals surface area contributed by atoms with Crippen molar-refractivity contribution in [2.45, 2.75) is 39.7 Å². The summed E-state index contributed by atoms with van der Waals surface area (Å²) in [7, 11) is 0. The molecule has 0 aliphatic carbocycles. The molecule has 0 aromatic rings. The molecule has 1 heterocycles. The van der Waals surface area contributed by atoms with Crippen LogP contribution in [0.4, 0.5) is 0 Å². The Morgan fingerprint density at radius 3 is 2.47 bits per heavy atom. The average molecular weight is 241 g/mol. The molecule has 1 aliphatic heterocycles. The van der Waals surface area contributed by atoms with Crippen molar-refractivity contribution in [3.8, 4) is 0 Å². The van der Waals surface area contributed by atoms with Crippen molar-refractivity contribution in [3.63, 3.8) is 0 Å². The molecule has 0 spiro atoms. The van der Waals surface area contributed by atoms with Crippen LogP contribution in [0.2, 0.25) is 0 Å². The van der Waals surface area contributed by atoms with Crippen molar-refractivity contribution in [1.82, 2.24) is 15.6 Å². The SMILES string of the molecule is CC(C)CN=C(NN)NCC(C)N1CCCC1. The Morgan fingerprint density at radius 2 is 1.94 bits per heavy atom. The van der Waals surface area contributed by atoms with Gasteiger partial charge in [0.15, 0.2) is 0 Å². The number of aliphatic imine (C=N–C) groups is 1. The molecule has 1 unspecified atom stereocenters. The second-order valence-corrected chi connectivity index (χ2v) is 5.20. The van der Waals surface area contributed by atoms with E-state index in [0.29, 0.717) is 17.9 Å². The molecule has 1 fully saturated rings. The number of nitrogens with two attached hydrogens (primary N) is 1. The van der Waals surface area contributed by atoms with E-state index >= 15 is 0 Å². The third-order valence-electron chi connectivity index (χ3n) is 3.08. The lowest BCUT2D eigenvalue weighted by molar-refractivity contribution is 0.259. The van der Waals surface area contributed by atoms with Gasteiger partial charge < -0.3 is 5.32 Å². The highest BCUT2D eigenvalue weighted by Gasteiger charge is 2.17. The van der Waals surface area contributed by atoms with Crippen molar-refractivity contribution >= 4 is 5.96 Å². The predicted molar refractivity (Wildman–Crippen MR) is 72.7 cm³/mol. The van der Waals surface area contributed by atoms with Crippen LogP contribution in [0.1, 0.15) is 33.6 Å². The van der Waals surface area contributed by atoms with Crippen molar-refractivity contribution in [1.29, 1.82) is 0 Å². The van der Waals surface area contributed by atoms with E-state index in [1.165, 1.54) is 25.9 Å². The van der Waals surface area contributed by atoms with Crippen LogP contribution in [0.5, 0.6) is 0 Å². The molecule has 1 saturated heterocycles. The quantitative estimate of drug-likeness (QED) is 0.284. The molecule has 1 atom stereocenters. The fourth-order valence-electron chi connectivity index (χ4n) is 1.98. The van der Waals surface area contributed by atoms with Gasteiger partial charge >= 0.3 is 0 Å². The van der Waals surface area contributed by atoms with E-state index < -0.39 is 0 Å². The Balaban J connectivity index is 2.28. The van der Waals surface area contributed by atoms with Gasteiger partial charge in [-0.15, -0.1) is 0 Å². The van der Waals surface area contributed by atoms with Crippen molar-refractivity contribution in [3.05, 3.63) is 0 Å². The first-order valence-electron chi connectivity index (χ1n) is 6.62. The molecule has 4 N–H and O–H groups in total. The predicted octanol–water partition coefficient (Wildman–Crippen LogP) is 0.536. The molecule has 100 valence electrons. The van der Waals surface area contributed by atoms with E-state index in [-0.39, 0.29) is 0 Å². The van der Waals surface area contributed by atoms with E-state index in [0.717, 1.165) is 13.1 Å². The number of nitrogens with one attached hydrogen (secondary N) is 2. The first-order chi connectivity index (χ1) is 8.13. The molecule has 0 saturated carbocycles. The first-order valence-corrected chi connectivity index (χ1v) is 6.62. The number of likely N-dealkylation sites (tertiary alicyclic amines) is 1. The highest BCUT2D eigenvalue weighted by atomic mass is 15.3. The summed E-state index contributed by atoms with van der Waals surface area (Å²) in [6, 6.07) is 0.537. The van der Waals surface area contributed by atoms with E-state index in [4.69, 9.17) is 5.84 Å². The van der Waals surface area contributed by atoms with Crippen LogP contribution in [0, 0.1) is 5.92 Å². The van der Waals surface area contributed by atoms with Crippen LogP contribution in [0.15, 0.2) is 4.99 Å². The summed E-state index contributed by atoms with van der Waals surface area (Å²) in [6.45, 7) is 10.7. The number of hydrazine groups is 1. The summed E-state index contributed by atoms with van der Waals surface area (Å²) >= 11 is 0. The Bertz CT molecular complexity index is 233. The highest BCUT2D eigenvalue weighted by Crippen LogP contribution is 2.10. The second kappa shape index (κ2) is 7.50. The van der Waals surface area contributed by atoms with Gasteiger partial charge in [-0.1, -0.05) is 13.8 Å². The topological polar surface area (TPSA) is 65.7 Å². The fraction of sp³-hybridized carbons (Fsp3) is 0.917. The number of rotatable bonds is 5. The molecule has 0 bridgehead atoms. The minimum atomic E-state index is 0.537. The lowest BCUT2D eigenvalue weighted by Gasteiger charge is -2.24. The number of hydrogen-bond acceptors (Lipinski definition) is 3. The van der Waals surface area contributed by atoms with Gasteiger partial charge in [0.1, 0.15) is 0 Å². The molecule has 1 rings (SSSR count). The number of hydrogen-bond donors (Lipinski definition) is 3. The molecule has 1 aliphatic rings. The molecular formula is C12H27N5. The van der Waals surface area contributed by atoms with Crippen molar-refractivity contribution < 1.29 is 0 Å².